The third-order valence-electron chi connectivity index (χ3n) is 5.30. The van der Waals surface area contributed by atoms with E-state index in [1.165, 1.54) is 17.1 Å². The van der Waals surface area contributed by atoms with Crippen molar-refractivity contribution in [3.8, 4) is 5.95 Å². The van der Waals surface area contributed by atoms with E-state index in [0.29, 0.717) is 17.8 Å². The average molecular weight is 529 g/mol. The summed E-state index contributed by atoms with van der Waals surface area (Å²) in [6.45, 7) is 1.77. The maximum Gasteiger partial charge on any atom is 0.235 e. The molecule has 9 nitrogen and oxygen atoms in total. The molecule has 14 heteroatoms. The molecule has 3 aromatic heterocycles. The molecule has 0 atom stereocenters. The molecule has 5 rings (SSSR count). The van der Waals surface area contributed by atoms with Crippen molar-refractivity contribution in [1.82, 2.24) is 29.5 Å². The number of nitrogens with one attached hydrogen (secondary N) is 1. The van der Waals surface area contributed by atoms with Gasteiger partial charge in [-0.25, -0.2) is 50.9 Å². The number of halogens is 4. The lowest BCUT2D eigenvalue weighted by atomic mass is 10.2. The minimum absolute atomic E-state index is 0.0838. The Bertz CT molecular complexity index is 1780. The zero-order chi connectivity index (χ0) is 26.3. The van der Waals surface area contributed by atoms with Gasteiger partial charge < -0.3 is 5.32 Å². The van der Waals surface area contributed by atoms with Crippen LogP contribution in [-0.2, 0) is 15.6 Å². The van der Waals surface area contributed by atoms with Gasteiger partial charge in [0.1, 0.15) is 51.7 Å². The third kappa shape index (κ3) is 4.70. The van der Waals surface area contributed by atoms with E-state index in [9.17, 15) is 21.6 Å². The number of imidazole rings is 1. The lowest BCUT2D eigenvalue weighted by Crippen LogP contribution is -2.11. The largest absolute Gasteiger partial charge is 0.333 e. The highest BCUT2D eigenvalue weighted by Gasteiger charge is 2.25. The van der Waals surface area contributed by atoms with E-state index in [4.69, 9.17) is 0 Å². The van der Waals surface area contributed by atoms with Crippen molar-refractivity contribution in [3.05, 3.63) is 89.9 Å². The van der Waals surface area contributed by atoms with E-state index in [0.717, 1.165) is 24.5 Å². The number of hydrogen-bond donors (Lipinski definition) is 1. The second kappa shape index (κ2) is 9.20. The van der Waals surface area contributed by atoms with Gasteiger partial charge in [0.05, 0.1) is 17.6 Å². The van der Waals surface area contributed by atoms with Crippen molar-refractivity contribution in [3.63, 3.8) is 0 Å². The maximum atomic E-state index is 15.4. The van der Waals surface area contributed by atoms with Crippen LogP contribution < -0.4 is 5.32 Å². The van der Waals surface area contributed by atoms with Crippen molar-refractivity contribution in [2.45, 2.75) is 17.6 Å². The molecule has 3 heterocycles. The zero-order valence-corrected chi connectivity index (χ0v) is 19.6. The van der Waals surface area contributed by atoms with Crippen molar-refractivity contribution in [1.29, 1.82) is 0 Å². The molecular formula is C23H15F4N7O2S. The smallest absolute Gasteiger partial charge is 0.235 e. The molecule has 0 saturated heterocycles. The molecule has 0 radical (unpaired) electrons. The molecule has 5 aromatic rings. The third-order valence-corrected chi connectivity index (χ3v) is 6.97. The molecule has 1 N–H and O–H groups in total. The highest BCUT2D eigenvalue weighted by atomic mass is 32.2. The molecule has 0 aliphatic rings. The molecular weight excluding hydrogens is 514 g/mol. The van der Waals surface area contributed by atoms with Crippen molar-refractivity contribution in [2.24, 2.45) is 0 Å². The van der Waals surface area contributed by atoms with Crippen molar-refractivity contribution < 1.29 is 26.0 Å². The van der Waals surface area contributed by atoms with E-state index in [1.54, 1.807) is 13.1 Å². The fourth-order valence-corrected chi connectivity index (χ4v) is 4.97. The maximum absolute atomic E-state index is 15.4. The summed E-state index contributed by atoms with van der Waals surface area (Å²) >= 11 is 0. The first-order chi connectivity index (χ1) is 17.6. The monoisotopic (exact) mass is 529 g/mol. The lowest BCUT2D eigenvalue weighted by Gasteiger charge is -2.13. The quantitative estimate of drug-likeness (QED) is 0.326. The average Bonchev–Trinajstić information content (AvgIpc) is 3.31. The Morgan fingerprint density at radius 2 is 1.76 bits per heavy atom. The number of aromatic nitrogens is 6. The molecule has 0 amide bonds. The highest BCUT2D eigenvalue weighted by Crippen LogP contribution is 2.30. The Kier molecular flexibility index (Phi) is 6.03. The van der Waals surface area contributed by atoms with Gasteiger partial charge in [0.25, 0.3) is 0 Å². The van der Waals surface area contributed by atoms with E-state index in [-0.39, 0.29) is 22.8 Å². The van der Waals surface area contributed by atoms with Gasteiger partial charge in [-0.3, -0.25) is 4.57 Å². The van der Waals surface area contributed by atoms with Crippen LogP contribution in [0.4, 0.5) is 29.1 Å². The summed E-state index contributed by atoms with van der Waals surface area (Å²) in [4.78, 5) is 19.8. The Morgan fingerprint density at radius 1 is 0.973 bits per heavy atom. The summed E-state index contributed by atoms with van der Waals surface area (Å²) in [6.07, 6.45) is 5.68. The summed E-state index contributed by atoms with van der Waals surface area (Å²) in [6, 6.07) is 3.65. The molecule has 0 fully saturated rings. The zero-order valence-electron chi connectivity index (χ0n) is 18.8. The Hall–Kier alpha value is -4.46. The summed E-state index contributed by atoms with van der Waals surface area (Å²) in [7, 11) is -4.52. The van der Waals surface area contributed by atoms with E-state index >= 15 is 4.39 Å². The SMILES string of the molecule is Cc1cn(-c2ncc3ncnc(Nc4c(F)ccc(CS(=O)(=O)c5cc(F)ccc5F)c4F)c3n2)cn1. The molecule has 0 aliphatic heterocycles. The van der Waals surface area contributed by atoms with Crippen LogP contribution in [0, 0.1) is 30.2 Å². The van der Waals surface area contributed by atoms with Gasteiger partial charge in [-0.2, -0.15) is 0 Å². The van der Waals surface area contributed by atoms with Crippen LogP contribution in [0.1, 0.15) is 11.3 Å². The molecule has 0 saturated carbocycles. The molecule has 188 valence electrons. The predicted octanol–water partition coefficient (Wildman–Crippen LogP) is 4.19. The van der Waals surface area contributed by atoms with Crippen molar-refractivity contribution >= 4 is 32.4 Å². The second-order valence-corrected chi connectivity index (χ2v) is 9.86. The number of benzene rings is 2. The van der Waals surface area contributed by atoms with Gasteiger partial charge >= 0.3 is 0 Å². The van der Waals surface area contributed by atoms with Crippen molar-refractivity contribution in [2.75, 3.05) is 5.32 Å². The molecule has 0 spiro atoms. The first-order valence-electron chi connectivity index (χ1n) is 10.5. The lowest BCUT2D eigenvalue weighted by molar-refractivity contribution is 0.550. The minimum atomic E-state index is -4.52. The topological polar surface area (TPSA) is 116 Å². The number of nitrogens with zero attached hydrogens (tertiary/aromatic N) is 6. The fraction of sp³-hybridized carbons (Fsp3) is 0.0870. The number of sulfone groups is 1. The fourth-order valence-electron chi connectivity index (χ4n) is 3.53. The van der Waals surface area contributed by atoms with E-state index < -0.39 is 55.0 Å². The van der Waals surface area contributed by atoms with E-state index in [1.807, 2.05) is 0 Å². The van der Waals surface area contributed by atoms with Crippen LogP contribution in [0.3, 0.4) is 0 Å². The summed E-state index contributed by atoms with van der Waals surface area (Å²) in [5.74, 6) is -5.43. The van der Waals surface area contributed by atoms with Gasteiger partial charge in [0.15, 0.2) is 21.5 Å². The van der Waals surface area contributed by atoms with Crippen LogP contribution in [0.2, 0.25) is 0 Å². The minimum Gasteiger partial charge on any atom is -0.333 e. The van der Waals surface area contributed by atoms with Gasteiger partial charge in [-0.15, -0.1) is 0 Å². The number of anilines is 2. The van der Waals surface area contributed by atoms with Gasteiger partial charge in [-0.1, -0.05) is 6.07 Å². The number of rotatable bonds is 6. The van der Waals surface area contributed by atoms with Crippen LogP contribution in [0.15, 0.2) is 60.3 Å². The predicted molar refractivity (Wildman–Crippen MR) is 124 cm³/mol. The molecule has 2 aromatic carbocycles. The van der Waals surface area contributed by atoms with Gasteiger partial charge in [0.2, 0.25) is 5.95 Å². The van der Waals surface area contributed by atoms with Gasteiger partial charge in [0, 0.05) is 11.8 Å². The Morgan fingerprint density at radius 3 is 2.51 bits per heavy atom. The molecule has 0 aliphatic carbocycles. The van der Waals surface area contributed by atoms with Gasteiger partial charge in [-0.05, 0) is 31.2 Å². The summed E-state index contributed by atoms with van der Waals surface area (Å²) in [5.41, 5.74) is -0.0988. The highest BCUT2D eigenvalue weighted by molar-refractivity contribution is 7.90. The summed E-state index contributed by atoms with van der Waals surface area (Å²) < 4.78 is 84.6. The number of fused-ring (bicyclic) bond motifs is 1. The molecule has 0 bridgehead atoms. The number of aryl methyl sites for hydroxylation is 1. The first kappa shape index (κ1) is 24.2. The Balaban J connectivity index is 1.53. The summed E-state index contributed by atoms with van der Waals surface area (Å²) in [5, 5.41) is 2.51. The molecule has 0 unspecified atom stereocenters. The number of hydrogen-bond acceptors (Lipinski definition) is 8. The normalized spacial score (nSPS) is 11.7. The van der Waals surface area contributed by atoms with E-state index in [2.05, 4.69) is 30.2 Å². The molecule has 37 heavy (non-hydrogen) atoms. The Labute approximate surface area is 206 Å². The van der Waals surface area contributed by atoms with Crippen LogP contribution in [0.5, 0.6) is 0 Å². The van der Waals surface area contributed by atoms with Crippen LogP contribution in [0.25, 0.3) is 17.0 Å². The second-order valence-electron chi connectivity index (χ2n) is 7.90. The first-order valence-corrected chi connectivity index (χ1v) is 12.2. The standard InChI is InChI=1S/C23H15F4N7O2S/c1-12-8-34(11-31-12)23-28-7-17-21(33-23)22(30-10-29-17)32-20-16(26)4-2-13(19(20)27)9-37(35,36)18-6-14(24)3-5-15(18)25/h2-8,10-11H,9H2,1H3,(H,29,30,32). The van der Waals surface area contributed by atoms with Crippen LogP contribution >= 0.6 is 0 Å². The van der Waals surface area contributed by atoms with Crippen LogP contribution in [-0.4, -0.2) is 37.9 Å².